The van der Waals surface area contributed by atoms with E-state index in [0.717, 1.165) is 36.9 Å². The highest BCUT2D eigenvalue weighted by molar-refractivity contribution is 5.89. The molecule has 6 heteroatoms. The summed E-state index contributed by atoms with van der Waals surface area (Å²) in [6, 6.07) is 8.19. The van der Waals surface area contributed by atoms with Gasteiger partial charge in [-0.2, -0.15) is 4.98 Å². The quantitative estimate of drug-likeness (QED) is 0.732. The van der Waals surface area contributed by atoms with E-state index < -0.39 is 0 Å². The van der Waals surface area contributed by atoms with Crippen LogP contribution < -0.4 is 0 Å². The highest BCUT2D eigenvalue weighted by Crippen LogP contribution is 2.31. The van der Waals surface area contributed by atoms with Crippen LogP contribution >= 0.6 is 0 Å². The number of carbonyl (C=O) groups excluding carboxylic acids is 1. The minimum absolute atomic E-state index is 0.0653. The number of likely N-dealkylation sites (tertiary alicyclic amines) is 1. The topological polar surface area (TPSA) is 64.2 Å². The van der Waals surface area contributed by atoms with E-state index in [4.69, 9.17) is 4.52 Å². The van der Waals surface area contributed by atoms with Crippen molar-refractivity contribution in [3.63, 3.8) is 0 Å². The second kappa shape index (κ2) is 6.35. The lowest BCUT2D eigenvalue weighted by Crippen LogP contribution is -2.32. The summed E-state index contributed by atoms with van der Waals surface area (Å²) in [6.45, 7) is 5.54. The zero-order valence-corrected chi connectivity index (χ0v) is 14.6. The average molecular weight is 338 g/mol. The highest BCUT2D eigenvalue weighted by atomic mass is 16.5. The Hall–Kier alpha value is -2.63. The Morgan fingerprint density at radius 3 is 2.96 bits per heavy atom. The molecular weight excluding hydrogens is 316 g/mol. The zero-order chi connectivity index (χ0) is 17.4. The van der Waals surface area contributed by atoms with Crippen LogP contribution in [0.25, 0.3) is 10.9 Å². The second-order valence-electron chi connectivity index (χ2n) is 6.55. The van der Waals surface area contributed by atoms with E-state index in [1.165, 1.54) is 5.52 Å². The van der Waals surface area contributed by atoms with Crippen molar-refractivity contribution in [3.05, 3.63) is 47.7 Å². The van der Waals surface area contributed by atoms with Crippen LogP contribution in [0.5, 0.6) is 0 Å². The van der Waals surface area contributed by atoms with Crippen LogP contribution in [0.1, 0.15) is 43.1 Å². The molecule has 6 nitrogen and oxygen atoms in total. The van der Waals surface area contributed by atoms with Crippen molar-refractivity contribution in [2.24, 2.45) is 0 Å². The van der Waals surface area contributed by atoms with E-state index in [2.05, 4.69) is 40.0 Å². The number of hydrogen-bond donors (Lipinski definition) is 0. The molecule has 1 fully saturated rings. The molecule has 0 saturated carbocycles. The maximum absolute atomic E-state index is 13.0. The number of para-hydroxylation sites is 1. The summed E-state index contributed by atoms with van der Waals surface area (Å²) in [4.78, 5) is 19.2. The Morgan fingerprint density at radius 2 is 2.20 bits per heavy atom. The van der Waals surface area contributed by atoms with E-state index in [0.29, 0.717) is 18.1 Å². The van der Waals surface area contributed by atoms with Crippen LogP contribution in [-0.2, 0) is 17.8 Å². The second-order valence-corrected chi connectivity index (χ2v) is 6.55. The highest BCUT2D eigenvalue weighted by Gasteiger charge is 2.33. The van der Waals surface area contributed by atoms with Gasteiger partial charge in [0.25, 0.3) is 0 Å². The lowest BCUT2D eigenvalue weighted by molar-refractivity contribution is -0.131. The number of amides is 1. The molecule has 0 N–H and O–H groups in total. The fraction of sp³-hybridized carbons (Fsp3) is 0.421. The van der Waals surface area contributed by atoms with Crippen molar-refractivity contribution in [3.8, 4) is 0 Å². The number of hydrogen-bond acceptors (Lipinski definition) is 4. The van der Waals surface area contributed by atoms with Crippen molar-refractivity contribution in [1.82, 2.24) is 19.6 Å². The number of nitrogens with zero attached hydrogens (tertiary/aromatic N) is 4. The first-order valence-electron chi connectivity index (χ1n) is 8.83. The first kappa shape index (κ1) is 15.9. The average Bonchev–Trinajstić information content (AvgIpc) is 3.33. The molecule has 1 saturated heterocycles. The molecule has 0 aliphatic carbocycles. The third-order valence-corrected chi connectivity index (χ3v) is 4.97. The maximum Gasteiger partial charge on any atom is 0.227 e. The number of fused-ring (bicyclic) bond motifs is 1. The number of carbonyl (C=O) groups is 1. The van der Waals surface area contributed by atoms with Crippen molar-refractivity contribution in [1.29, 1.82) is 0 Å². The molecular formula is C19H22N4O2. The molecule has 1 aliphatic heterocycles. The SMILES string of the molecule is CCn1cc(CC(=O)N2CCC[C@H]2c2noc(C)n2)c2ccccc21. The van der Waals surface area contributed by atoms with Gasteiger partial charge in [0.15, 0.2) is 5.82 Å². The molecule has 1 aliphatic rings. The summed E-state index contributed by atoms with van der Waals surface area (Å²) in [7, 11) is 0. The molecule has 0 bridgehead atoms. The van der Waals surface area contributed by atoms with Crippen LogP contribution in [0.4, 0.5) is 0 Å². The lowest BCUT2D eigenvalue weighted by atomic mass is 10.1. The summed E-state index contributed by atoms with van der Waals surface area (Å²) >= 11 is 0. The molecule has 3 heterocycles. The van der Waals surface area contributed by atoms with Gasteiger partial charge in [-0.3, -0.25) is 4.79 Å². The van der Waals surface area contributed by atoms with Gasteiger partial charge in [-0.25, -0.2) is 0 Å². The van der Waals surface area contributed by atoms with Gasteiger partial charge in [0.05, 0.1) is 12.5 Å². The smallest absolute Gasteiger partial charge is 0.227 e. The van der Waals surface area contributed by atoms with E-state index >= 15 is 0 Å². The molecule has 4 rings (SSSR count). The molecule has 25 heavy (non-hydrogen) atoms. The van der Waals surface area contributed by atoms with Gasteiger partial charge in [-0.05, 0) is 31.4 Å². The fourth-order valence-corrected chi connectivity index (χ4v) is 3.77. The van der Waals surface area contributed by atoms with Crippen LogP contribution in [0, 0.1) is 6.92 Å². The molecule has 1 aromatic carbocycles. The molecule has 1 amide bonds. The van der Waals surface area contributed by atoms with Crippen molar-refractivity contribution in [2.75, 3.05) is 6.54 Å². The van der Waals surface area contributed by atoms with Crippen molar-refractivity contribution >= 4 is 16.8 Å². The van der Waals surface area contributed by atoms with E-state index in [1.54, 1.807) is 6.92 Å². The van der Waals surface area contributed by atoms with Crippen molar-refractivity contribution < 1.29 is 9.32 Å². The number of aromatic nitrogens is 3. The van der Waals surface area contributed by atoms with Gasteiger partial charge in [-0.15, -0.1) is 0 Å². The Kier molecular flexibility index (Phi) is 4.03. The molecule has 0 radical (unpaired) electrons. The molecule has 1 atom stereocenters. The Bertz CT molecular complexity index is 911. The standard InChI is InChI=1S/C19H22N4O2/c1-3-22-12-14(15-7-4-5-8-16(15)22)11-18(24)23-10-6-9-17(23)19-20-13(2)25-21-19/h4-5,7-8,12,17H,3,6,9-11H2,1-2H3/t17-/m0/s1. The van der Waals surface area contributed by atoms with E-state index in [1.807, 2.05) is 17.0 Å². The van der Waals surface area contributed by atoms with Crippen molar-refractivity contribution in [2.45, 2.75) is 45.7 Å². The van der Waals surface area contributed by atoms with E-state index in [9.17, 15) is 4.79 Å². The predicted molar refractivity (Wildman–Crippen MR) is 94.0 cm³/mol. The summed E-state index contributed by atoms with van der Waals surface area (Å²) in [5.41, 5.74) is 2.26. The monoisotopic (exact) mass is 338 g/mol. The third kappa shape index (κ3) is 2.81. The summed E-state index contributed by atoms with van der Waals surface area (Å²) in [5.74, 6) is 1.30. The maximum atomic E-state index is 13.0. The predicted octanol–water partition coefficient (Wildman–Crippen LogP) is 3.26. The minimum atomic E-state index is -0.0653. The van der Waals surface area contributed by atoms with Crippen LogP contribution in [0.3, 0.4) is 0 Å². The van der Waals surface area contributed by atoms with Crippen LogP contribution in [0.15, 0.2) is 35.0 Å². The Labute approximate surface area is 146 Å². The molecule has 0 unspecified atom stereocenters. The van der Waals surface area contributed by atoms with Gasteiger partial charge in [0.2, 0.25) is 11.8 Å². The van der Waals surface area contributed by atoms with Gasteiger partial charge in [-0.1, -0.05) is 23.4 Å². The first-order chi connectivity index (χ1) is 12.2. The number of rotatable bonds is 4. The molecule has 3 aromatic rings. The van der Waals surface area contributed by atoms with Crippen LogP contribution in [-0.4, -0.2) is 32.1 Å². The van der Waals surface area contributed by atoms with Gasteiger partial charge >= 0.3 is 0 Å². The normalized spacial score (nSPS) is 17.5. The Balaban J connectivity index is 1.59. The summed E-state index contributed by atoms with van der Waals surface area (Å²) in [6.07, 6.45) is 4.37. The number of benzene rings is 1. The summed E-state index contributed by atoms with van der Waals surface area (Å²) in [5, 5.41) is 5.18. The lowest BCUT2D eigenvalue weighted by Gasteiger charge is -2.22. The van der Waals surface area contributed by atoms with Gasteiger partial charge in [0.1, 0.15) is 0 Å². The summed E-state index contributed by atoms with van der Waals surface area (Å²) < 4.78 is 7.29. The van der Waals surface area contributed by atoms with E-state index in [-0.39, 0.29) is 11.9 Å². The Morgan fingerprint density at radius 1 is 1.36 bits per heavy atom. The molecule has 2 aromatic heterocycles. The zero-order valence-electron chi connectivity index (χ0n) is 14.6. The van der Waals surface area contributed by atoms with Gasteiger partial charge < -0.3 is 14.0 Å². The van der Waals surface area contributed by atoms with Crippen LogP contribution in [0.2, 0.25) is 0 Å². The molecule has 130 valence electrons. The fourth-order valence-electron chi connectivity index (χ4n) is 3.77. The molecule has 0 spiro atoms. The largest absolute Gasteiger partial charge is 0.347 e. The third-order valence-electron chi connectivity index (χ3n) is 4.97. The first-order valence-corrected chi connectivity index (χ1v) is 8.83. The van der Waals surface area contributed by atoms with Gasteiger partial charge in [0, 0.05) is 37.1 Å². The number of aryl methyl sites for hydroxylation is 2. The minimum Gasteiger partial charge on any atom is -0.347 e.